The molecule has 0 bridgehead atoms. The Hall–Kier alpha value is -1.61. The van der Waals surface area contributed by atoms with E-state index in [4.69, 9.17) is 4.74 Å². The summed E-state index contributed by atoms with van der Waals surface area (Å²) in [5, 5.41) is 1.21. The lowest BCUT2D eigenvalue weighted by Gasteiger charge is -2.10. The predicted molar refractivity (Wildman–Crippen MR) is 76.3 cm³/mol. The van der Waals surface area contributed by atoms with Crippen LogP contribution in [-0.4, -0.2) is 23.4 Å². The summed E-state index contributed by atoms with van der Waals surface area (Å²) >= 11 is 0. The fourth-order valence-corrected chi connectivity index (χ4v) is 1.89. The number of nitrogens with zero attached hydrogens (tertiary/aromatic N) is 2. The third-order valence-corrected chi connectivity index (χ3v) is 2.68. The van der Waals surface area contributed by atoms with E-state index in [2.05, 4.69) is 48.7 Å². The predicted octanol–water partition coefficient (Wildman–Crippen LogP) is 3.46. The van der Waals surface area contributed by atoms with Crippen LogP contribution in [0.2, 0.25) is 0 Å². The smallest absolute Gasteiger partial charge is 0.122 e. The average Bonchev–Trinajstić information content (AvgIpc) is 2.65. The van der Waals surface area contributed by atoms with Crippen LogP contribution >= 0.6 is 0 Å². The first-order valence-electron chi connectivity index (χ1n) is 6.13. The van der Waals surface area contributed by atoms with Crippen molar-refractivity contribution >= 4 is 17.1 Å². The van der Waals surface area contributed by atoms with Crippen LogP contribution in [0.4, 0.5) is 0 Å². The molecule has 0 amide bonds. The van der Waals surface area contributed by atoms with Crippen LogP contribution in [0.15, 0.2) is 35.5 Å². The van der Waals surface area contributed by atoms with Crippen LogP contribution in [0.3, 0.4) is 0 Å². The minimum absolute atomic E-state index is 0.0511. The van der Waals surface area contributed by atoms with Gasteiger partial charge in [0.25, 0.3) is 0 Å². The number of rotatable bonds is 3. The molecule has 1 heterocycles. The summed E-state index contributed by atoms with van der Waals surface area (Å²) < 4.78 is 7.31. The van der Waals surface area contributed by atoms with Gasteiger partial charge >= 0.3 is 0 Å². The number of hydrogen-bond donors (Lipinski definition) is 0. The number of aliphatic imine (C=N–C) groups is 1. The van der Waals surface area contributed by atoms with Crippen molar-refractivity contribution in [1.82, 2.24) is 4.57 Å². The van der Waals surface area contributed by atoms with Gasteiger partial charge in [0, 0.05) is 30.5 Å². The number of hydrogen-bond acceptors (Lipinski definition) is 2. The zero-order chi connectivity index (χ0) is 13.2. The van der Waals surface area contributed by atoms with Crippen molar-refractivity contribution in [1.29, 1.82) is 0 Å². The van der Waals surface area contributed by atoms with E-state index >= 15 is 0 Å². The number of methoxy groups -OCH3 is 1. The lowest BCUT2D eigenvalue weighted by molar-refractivity contribution is 0.135. The molecule has 0 aliphatic carbocycles. The molecule has 0 saturated heterocycles. The monoisotopic (exact) mass is 244 g/mol. The van der Waals surface area contributed by atoms with Crippen molar-refractivity contribution in [2.45, 2.75) is 33.0 Å². The number of ether oxygens (including phenoxy) is 1. The van der Waals surface area contributed by atoms with Gasteiger partial charge in [0.2, 0.25) is 0 Å². The maximum atomic E-state index is 5.21. The van der Waals surface area contributed by atoms with Crippen LogP contribution in [0.1, 0.15) is 26.3 Å². The molecular formula is C15H20N2O. The molecule has 0 unspecified atom stereocenters. The quantitative estimate of drug-likeness (QED) is 0.759. The normalized spacial score (nSPS) is 12.7. The van der Waals surface area contributed by atoms with Crippen LogP contribution < -0.4 is 0 Å². The lowest BCUT2D eigenvalue weighted by atomic mass is 10.1. The summed E-state index contributed by atoms with van der Waals surface area (Å²) in [6.45, 7) is 6.84. The van der Waals surface area contributed by atoms with Gasteiger partial charge in [0.1, 0.15) is 6.73 Å². The van der Waals surface area contributed by atoms with Gasteiger partial charge in [-0.05, 0) is 26.8 Å². The highest BCUT2D eigenvalue weighted by Gasteiger charge is 2.08. The van der Waals surface area contributed by atoms with Crippen molar-refractivity contribution in [2.75, 3.05) is 7.11 Å². The van der Waals surface area contributed by atoms with Crippen LogP contribution in [0.5, 0.6) is 0 Å². The second kappa shape index (κ2) is 4.94. The van der Waals surface area contributed by atoms with Crippen molar-refractivity contribution in [3.8, 4) is 0 Å². The molecule has 0 saturated carbocycles. The molecule has 0 spiro atoms. The van der Waals surface area contributed by atoms with Gasteiger partial charge in [-0.3, -0.25) is 4.99 Å². The molecule has 3 heteroatoms. The standard InChI is InChI=1S/C15H20N2O/c1-15(2,3)16-9-12-10-17(11-18-4)14-8-6-5-7-13(12)14/h5-10H,11H2,1-4H3. The topological polar surface area (TPSA) is 26.5 Å². The van der Waals surface area contributed by atoms with Crippen LogP contribution in [0.25, 0.3) is 10.9 Å². The molecule has 0 aliphatic heterocycles. The van der Waals surface area contributed by atoms with Crippen molar-refractivity contribution in [2.24, 2.45) is 4.99 Å². The largest absolute Gasteiger partial charge is 0.364 e. The first kappa shape index (κ1) is 12.8. The Kier molecular flexibility index (Phi) is 3.53. The summed E-state index contributed by atoms with van der Waals surface area (Å²) in [5.74, 6) is 0. The molecule has 1 aromatic heterocycles. The zero-order valence-electron chi connectivity index (χ0n) is 11.5. The number of benzene rings is 1. The van der Waals surface area contributed by atoms with Crippen molar-refractivity contribution in [3.05, 3.63) is 36.0 Å². The lowest BCUT2D eigenvalue weighted by Crippen LogP contribution is -2.09. The average molecular weight is 244 g/mol. The third kappa shape index (κ3) is 2.79. The first-order valence-corrected chi connectivity index (χ1v) is 6.13. The second-order valence-electron chi connectivity index (χ2n) is 5.42. The Labute approximate surface area is 108 Å². The maximum Gasteiger partial charge on any atom is 0.122 e. The summed E-state index contributed by atoms with van der Waals surface area (Å²) in [5.41, 5.74) is 2.26. The Morgan fingerprint density at radius 1 is 1.28 bits per heavy atom. The molecular weight excluding hydrogens is 224 g/mol. The van der Waals surface area contributed by atoms with E-state index in [0.29, 0.717) is 6.73 Å². The van der Waals surface area contributed by atoms with Crippen molar-refractivity contribution in [3.63, 3.8) is 0 Å². The number of aromatic nitrogens is 1. The minimum Gasteiger partial charge on any atom is -0.364 e. The summed E-state index contributed by atoms with van der Waals surface area (Å²) in [7, 11) is 1.71. The van der Waals surface area contributed by atoms with Gasteiger partial charge in [-0.1, -0.05) is 18.2 Å². The van der Waals surface area contributed by atoms with E-state index in [-0.39, 0.29) is 5.54 Å². The highest BCUT2D eigenvalue weighted by atomic mass is 16.5. The second-order valence-corrected chi connectivity index (χ2v) is 5.42. The number of para-hydroxylation sites is 1. The molecule has 2 rings (SSSR count). The van der Waals surface area contributed by atoms with Gasteiger partial charge in [-0.25, -0.2) is 0 Å². The molecule has 18 heavy (non-hydrogen) atoms. The van der Waals surface area contributed by atoms with E-state index < -0.39 is 0 Å². The van der Waals surface area contributed by atoms with Gasteiger partial charge in [-0.2, -0.15) is 0 Å². The molecule has 0 atom stereocenters. The third-order valence-electron chi connectivity index (χ3n) is 2.68. The maximum absolute atomic E-state index is 5.21. The van der Waals surface area contributed by atoms with E-state index in [9.17, 15) is 0 Å². The van der Waals surface area contributed by atoms with E-state index in [1.165, 1.54) is 10.9 Å². The first-order chi connectivity index (χ1) is 8.51. The van der Waals surface area contributed by atoms with E-state index in [0.717, 1.165) is 5.56 Å². The van der Waals surface area contributed by atoms with E-state index in [1.807, 2.05) is 18.3 Å². The SMILES string of the molecule is COCn1cc(C=NC(C)(C)C)c2ccccc21. The van der Waals surface area contributed by atoms with Gasteiger partial charge in [0.15, 0.2) is 0 Å². The van der Waals surface area contributed by atoms with Gasteiger partial charge in [-0.15, -0.1) is 0 Å². The van der Waals surface area contributed by atoms with Gasteiger partial charge < -0.3 is 9.30 Å². The fourth-order valence-electron chi connectivity index (χ4n) is 1.89. The van der Waals surface area contributed by atoms with Crippen LogP contribution in [0, 0.1) is 0 Å². The molecule has 0 radical (unpaired) electrons. The molecule has 1 aromatic carbocycles. The Balaban J connectivity index is 2.48. The highest BCUT2D eigenvalue weighted by molar-refractivity contribution is 5.99. The fraction of sp³-hybridized carbons (Fsp3) is 0.400. The summed E-state index contributed by atoms with van der Waals surface area (Å²) in [6.07, 6.45) is 4.04. The Bertz CT molecular complexity index is 561. The summed E-state index contributed by atoms with van der Waals surface area (Å²) in [6, 6.07) is 8.31. The zero-order valence-corrected chi connectivity index (χ0v) is 11.5. The molecule has 2 aromatic rings. The molecule has 3 nitrogen and oxygen atoms in total. The molecule has 0 aliphatic rings. The minimum atomic E-state index is -0.0511. The highest BCUT2D eigenvalue weighted by Crippen LogP contribution is 2.20. The summed E-state index contributed by atoms with van der Waals surface area (Å²) in [4.78, 5) is 4.57. The van der Waals surface area contributed by atoms with Crippen LogP contribution in [-0.2, 0) is 11.5 Å². The van der Waals surface area contributed by atoms with Crippen molar-refractivity contribution < 1.29 is 4.74 Å². The number of fused-ring (bicyclic) bond motifs is 1. The molecule has 0 fully saturated rings. The van der Waals surface area contributed by atoms with E-state index in [1.54, 1.807) is 7.11 Å². The Morgan fingerprint density at radius 2 is 2.00 bits per heavy atom. The molecule has 0 N–H and O–H groups in total. The van der Waals surface area contributed by atoms with Gasteiger partial charge in [0.05, 0.1) is 11.1 Å². The molecule has 96 valence electrons. The Morgan fingerprint density at radius 3 is 2.67 bits per heavy atom.